The van der Waals surface area contributed by atoms with E-state index in [1.54, 1.807) is 31.3 Å². The van der Waals surface area contributed by atoms with Gasteiger partial charge in [-0.25, -0.2) is 18.4 Å². The second kappa shape index (κ2) is 5.36. The number of aromatic nitrogens is 5. The van der Waals surface area contributed by atoms with Gasteiger partial charge in [-0.05, 0) is 19.1 Å². The van der Waals surface area contributed by atoms with E-state index in [0.717, 1.165) is 10.6 Å². The van der Waals surface area contributed by atoms with E-state index in [1.807, 2.05) is 0 Å². The molecule has 0 N–H and O–H groups in total. The Hall–Kier alpha value is -2.31. The molecule has 128 valence electrons. The summed E-state index contributed by atoms with van der Waals surface area (Å²) in [7, 11) is -5.48. The number of nitrogens with zero attached hydrogens (tertiary/aromatic N) is 6. The number of imidazole rings is 1. The third kappa shape index (κ3) is 2.39. The van der Waals surface area contributed by atoms with Crippen LogP contribution in [0.4, 0.5) is 0 Å². The first-order valence-corrected chi connectivity index (χ1v) is 9.57. The van der Waals surface area contributed by atoms with Gasteiger partial charge in [-0.3, -0.25) is 4.40 Å². The van der Waals surface area contributed by atoms with Gasteiger partial charge < -0.3 is 0 Å². The van der Waals surface area contributed by atoms with Gasteiger partial charge in [-0.15, -0.1) is 9.19 Å². The van der Waals surface area contributed by atoms with Crippen LogP contribution < -0.4 is 0 Å². The lowest BCUT2D eigenvalue weighted by Gasteiger charge is -2.09. The molecule has 0 saturated carbocycles. The molecule has 3 heterocycles. The first-order chi connectivity index (χ1) is 11.2. The maximum absolute atomic E-state index is 12.8. The molecule has 0 aliphatic rings. The fraction of sp³-hybridized carbons (Fsp3) is 0.250. The second-order valence-corrected chi connectivity index (χ2v) is 8.88. The summed E-state index contributed by atoms with van der Waals surface area (Å²) in [5.41, 5.74) is 0.724. The first-order valence-electron chi connectivity index (χ1n) is 6.69. The Morgan fingerprint density at radius 2 is 1.83 bits per heavy atom. The normalized spacial score (nSPS) is 13.0. The van der Waals surface area contributed by atoms with Gasteiger partial charge in [0.05, 0.1) is 5.69 Å². The van der Waals surface area contributed by atoms with Crippen molar-refractivity contribution >= 4 is 25.7 Å². The van der Waals surface area contributed by atoms with Gasteiger partial charge in [0, 0.05) is 20.3 Å². The predicted molar refractivity (Wildman–Crippen MR) is 83.4 cm³/mol. The number of hydrogen-bond acceptors (Lipinski definition) is 7. The van der Waals surface area contributed by atoms with Crippen LogP contribution in [0.15, 0.2) is 40.9 Å². The number of pyridine rings is 1. The van der Waals surface area contributed by atoms with Crippen LogP contribution >= 0.6 is 0 Å². The lowest BCUT2D eigenvalue weighted by atomic mass is 10.5. The Balaban J connectivity index is 2.19. The van der Waals surface area contributed by atoms with Gasteiger partial charge in [0.1, 0.15) is 12.0 Å². The van der Waals surface area contributed by atoms with Gasteiger partial charge in [0.15, 0.2) is 5.03 Å². The van der Waals surface area contributed by atoms with Crippen molar-refractivity contribution in [2.24, 2.45) is 0 Å². The zero-order valence-electron chi connectivity index (χ0n) is 13.0. The predicted octanol–water partition coefficient (Wildman–Crippen LogP) is -0.278. The van der Waals surface area contributed by atoms with Gasteiger partial charge in [0.25, 0.3) is 15.0 Å². The minimum Gasteiger partial charge on any atom is -0.290 e. The van der Waals surface area contributed by atoms with Gasteiger partial charge in [-0.1, -0.05) is 6.07 Å². The highest BCUT2D eigenvalue weighted by atomic mass is 32.2. The van der Waals surface area contributed by atoms with E-state index in [9.17, 15) is 16.8 Å². The molecule has 0 aliphatic heterocycles. The Kier molecular flexibility index (Phi) is 3.69. The summed E-state index contributed by atoms with van der Waals surface area (Å²) < 4.78 is 52.5. The van der Waals surface area contributed by atoms with Crippen molar-refractivity contribution in [3.05, 3.63) is 36.4 Å². The lowest BCUT2D eigenvalue weighted by Crippen LogP contribution is -2.29. The van der Waals surface area contributed by atoms with E-state index in [2.05, 4.69) is 15.1 Å². The number of hydrogen-bond donors (Lipinski definition) is 0. The highest BCUT2D eigenvalue weighted by Gasteiger charge is 2.31. The van der Waals surface area contributed by atoms with Crippen LogP contribution in [-0.4, -0.2) is 58.8 Å². The quantitative estimate of drug-likeness (QED) is 0.619. The Morgan fingerprint density at radius 1 is 1.12 bits per heavy atom. The lowest BCUT2D eigenvalue weighted by molar-refractivity contribution is 0.502. The van der Waals surface area contributed by atoms with Crippen molar-refractivity contribution in [1.82, 2.24) is 27.9 Å². The molecule has 0 unspecified atom stereocenters. The van der Waals surface area contributed by atoms with Crippen molar-refractivity contribution in [2.45, 2.75) is 17.1 Å². The van der Waals surface area contributed by atoms with Crippen LogP contribution in [-0.2, 0) is 20.0 Å². The summed E-state index contributed by atoms with van der Waals surface area (Å²) in [6.07, 6.45) is 2.40. The molecule has 0 atom stereocenters. The molecule has 3 aromatic rings. The smallest absolute Gasteiger partial charge is 0.290 e. The van der Waals surface area contributed by atoms with E-state index >= 15 is 0 Å². The molecule has 0 aliphatic carbocycles. The first kappa shape index (κ1) is 16.5. The third-order valence-corrected chi connectivity index (χ3v) is 6.53. The molecule has 0 bridgehead atoms. The Morgan fingerprint density at radius 3 is 2.50 bits per heavy atom. The fourth-order valence-electron chi connectivity index (χ4n) is 2.14. The van der Waals surface area contributed by atoms with E-state index in [-0.39, 0.29) is 10.7 Å². The zero-order valence-corrected chi connectivity index (χ0v) is 14.7. The molecular weight excluding hydrogens is 356 g/mol. The Bertz CT molecular complexity index is 1130. The molecule has 24 heavy (non-hydrogen) atoms. The molecule has 0 amide bonds. The Labute approximate surface area is 138 Å². The topological polar surface area (TPSA) is 120 Å². The molecule has 0 spiro atoms. The molecule has 0 saturated heterocycles. The summed E-state index contributed by atoms with van der Waals surface area (Å²) >= 11 is 0. The largest absolute Gasteiger partial charge is 0.323 e. The van der Waals surface area contributed by atoms with Crippen molar-refractivity contribution in [2.75, 3.05) is 14.1 Å². The van der Waals surface area contributed by atoms with Crippen LogP contribution in [0.5, 0.6) is 0 Å². The van der Waals surface area contributed by atoms with E-state index in [0.29, 0.717) is 9.73 Å². The fourth-order valence-corrected chi connectivity index (χ4v) is 4.27. The maximum atomic E-state index is 12.8. The molecule has 12 heteroatoms. The third-order valence-electron chi connectivity index (χ3n) is 3.29. The summed E-state index contributed by atoms with van der Waals surface area (Å²) in [4.78, 5) is 7.84. The SMILES string of the molecule is Cc1nc2ccccn2c1S(=O)(=O)c1ncn(S(=O)(=O)N(C)C)n1. The minimum atomic E-state index is -4.14. The average molecular weight is 370 g/mol. The number of rotatable bonds is 4. The standard InChI is InChI=1S/C12H14N6O4S2/c1-9-11(17-7-5-4-6-10(17)14-9)23(19,20)12-13-8-18(15-12)24(21,22)16(2)3/h4-8H,1-3H3. The number of fused-ring (bicyclic) bond motifs is 1. The van der Waals surface area contributed by atoms with Crippen molar-refractivity contribution in [3.63, 3.8) is 0 Å². The van der Waals surface area contributed by atoms with Crippen molar-refractivity contribution < 1.29 is 16.8 Å². The van der Waals surface area contributed by atoms with E-state index in [1.165, 1.54) is 18.5 Å². The molecule has 0 fully saturated rings. The molecule has 3 rings (SSSR count). The summed E-state index contributed by atoms with van der Waals surface area (Å²) in [6, 6.07) is 5.05. The molecule has 10 nitrogen and oxygen atoms in total. The monoisotopic (exact) mass is 370 g/mol. The summed E-state index contributed by atoms with van der Waals surface area (Å²) in [6.45, 7) is 1.55. The highest BCUT2D eigenvalue weighted by molar-refractivity contribution is 7.91. The minimum absolute atomic E-state index is 0.0990. The van der Waals surface area contributed by atoms with Crippen molar-refractivity contribution in [3.8, 4) is 0 Å². The molecule has 3 aromatic heterocycles. The second-order valence-electron chi connectivity index (χ2n) is 5.12. The van der Waals surface area contributed by atoms with Crippen LogP contribution in [0.3, 0.4) is 0 Å². The number of aryl methyl sites for hydroxylation is 1. The average Bonchev–Trinajstić information content (AvgIpc) is 3.11. The van der Waals surface area contributed by atoms with Crippen LogP contribution in [0, 0.1) is 6.92 Å². The van der Waals surface area contributed by atoms with Crippen LogP contribution in [0.2, 0.25) is 0 Å². The molecule has 0 aromatic carbocycles. The van der Waals surface area contributed by atoms with Gasteiger partial charge >= 0.3 is 10.2 Å². The summed E-state index contributed by atoms with van der Waals surface area (Å²) in [5, 5.41) is 2.92. The van der Waals surface area contributed by atoms with Gasteiger partial charge in [-0.2, -0.15) is 12.7 Å². The van der Waals surface area contributed by atoms with Crippen LogP contribution in [0.25, 0.3) is 5.65 Å². The van der Waals surface area contributed by atoms with Gasteiger partial charge in [0.2, 0.25) is 0 Å². The van der Waals surface area contributed by atoms with E-state index in [4.69, 9.17) is 0 Å². The van der Waals surface area contributed by atoms with Crippen LogP contribution in [0.1, 0.15) is 5.69 Å². The van der Waals surface area contributed by atoms with E-state index < -0.39 is 25.2 Å². The molecule has 0 radical (unpaired) electrons. The summed E-state index contributed by atoms with van der Waals surface area (Å²) in [5.74, 6) is 0. The zero-order chi connectivity index (χ0) is 17.7. The van der Waals surface area contributed by atoms with Crippen molar-refractivity contribution in [1.29, 1.82) is 0 Å². The molecular formula is C12H14N6O4S2. The maximum Gasteiger partial charge on any atom is 0.323 e. The number of sulfone groups is 1. The highest BCUT2D eigenvalue weighted by Crippen LogP contribution is 2.22.